The summed E-state index contributed by atoms with van der Waals surface area (Å²) in [5, 5.41) is 23.5. The van der Waals surface area contributed by atoms with Gasteiger partial charge >= 0.3 is 0 Å². The molecule has 5 N–H and O–H groups in total. The summed E-state index contributed by atoms with van der Waals surface area (Å²) in [5.74, 6) is 1.85. The molecule has 3 aliphatic rings. The van der Waals surface area contributed by atoms with E-state index in [0.29, 0.717) is 19.5 Å². The minimum absolute atomic E-state index is 0.120. The molecule has 0 amide bonds. The van der Waals surface area contributed by atoms with Crippen molar-refractivity contribution in [1.82, 2.24) is 20.6 Å². The number of aliphatic imine (C=N–C) groups is 2. The van der Waals surface area contributed by atoms with Crippen LogP contribution in [0, 0.1) is 0 Å². The highest BCUT2D eigenvalue weighted by atomic mass is 16.5. The van der Waals surface area contributed by atoms with Crippen LogP contribution in [0.15, 0.2) is 39.9 Å². The van der Waals surface area contributed by atoms with Gasteiger partial charge in [-0.25, -0.2) is 9.97 Å². The molecule has 3 aliphatic heterocycles. The Morgan fingerprint density at radius 1 is 1.27 bits per heavy atom. The van der Waals surface area contributed by atoms with E-state index in [1.165, 1.54) is 0 Å². The second-order valence-electron chi connectivity index (χ2n) is 8.56. The van der Waals surface area contributed by atoms with Gasteiger partial charge in [0.15, 0.2) is 0 Å². The molecule has 3 unspecified atom stereocenters. The Kier molecular flexibility index (Phi) is 7.69. The van der Waals surface area contributed by atoms with Crippen LogP contribution in [-0.4, -0.2) is 65.3 Å². The molecule has 10 nitrogen and oxygen atoms in total. The molecule has 1 fully saturated rings. The number of aliphatic hydroxyl groups excluding tert-OH is 1. The average molecular weight is 455 g/mol. The molecule has 1 aromatic rings. The topological polar surface area (TPSA) is 128 Å². The first-order chi connectivity index (χ1) is 16.1. The van der Waals surface area contributed by atoms with Gasteiger partial charge in [0.2, 0.25) is 0 Å². The first-order valence-corrected chi connectivity index (χ1v) is 11.6. The Morgan fingerprint density at radius 3 is 2.97 bits per heavy atom. The van der Waals surface area contributed by atoms with E-state index < -0.39 is 6.10 Å². The van der Waals surface area contributed by atoms with Crippen molar-refractivity contribution in [3.63, 3.8) is 0 Å². The highest BCUT2D eigenvalue weighted by molar-refractivity contribution is 5.63. The Labute approximate surface area is 194 Å². The molecule has 0 saturated carbocycles. The monoisotopic (exact) mass is 454 g/mol. The molecule has 10 heteroatoms. The van der Waals surface area contributed by atoms with Crippen LogP contribution < -0.4 is 21.3 Å². The van der Waals surface area contributed by atoms with Crippen molar-refractivity contribution in [3.05, 3.63) is 35.4 Å². The summed E-state index contributed by atoms with van der Waals surface area (Å²) >= 11 is 0. The maximum absolute atomic E-state index is 10.2. The van der Waals surface area contributed by atoms with Crippen LogP contribution in [0.1, 0.15) is 51.5 Å². The van der Waals surface area contributed by atoms with E-state index in [1.54, 1.807) is 18.9 Å². The lowest BCUT2D eigenvalue weighted by Crippen LogP contribution is -2.35. The van der Waals surface area contributed by atoms with Gasteiger partial charge in [-0.15, -0.1) is 0 Å². The maximum Gasteiger partial charge on any atom is 0.146 e. The highest BCUT2D eigenvalue weighted by Crippen LogP contribution is 2.37. The van der Waals surface area contributed by atoms with E-state index in [1.807, 2.05) is 13.8 Å². The second-order valence-corrected chi connectivity index (χ2v) is 8.56. The van der Waals surface area contributed by atoms with Gasteiger partial charge in [-0.2, -0.15) is 0 Å². The normalized spacial score (nSPS) is 29.4. The van der Waals surface area contributed by atoms with Crippen molar-refractivity contribution in [3.8, 4) is 0 Å². The minimum atomic E-state index is -0.422. The third-order valence-corrected chi connectivity index (χ3v) is 6.18. The van der Waals surface area contributed by atoms with Gasteiger partial charge in [0.1, 0.15) is 30.4 Å². The molecule has 1 aromatic heterocycles. The lowest BCUT2D eigenvalue weighted by molar-refractivity contribution is 0.0128. The van der Waals surface area contributed by atoms with Crippen LogP contribution in [0.4, 0.5) is 11.6 Å². The highest BCUT2D eigenvalue weighted by Gasteiger charge is 2.36. The number of aliphatic hydroxyl groups is 1. The van der Waals surface area contributed by atoms with Crippen LogP contribution in [0.3, 0.4) is 0 Å². The SMILES string of the molecule is CC=NC1=C(C)NC=NC1NC/C=C/CNc1ncnc2c1C(C)CC[C@H]1O[C@H](CC1O)N2. The van der Waals surface area contributed by atoms with Gasteiger partial charge < -0.3 is 25.8 Å². The summed E-state index contributed by atoms with van der Waals surface area (Å²) < 4.78 is 5.96. The predicted octanol–water partition coefficient (Wildman–Crippen LogP) is 2.10. The zero-order valence-corrected chi connectivity index (χ0v) is 19.5. The summed E-state index contributed by atoms with van der Waals surface area (Å²) in [5.41, 5.74) is 2.97. The van der Waals surface area contributed by atoms with Gasteiger partial charge in [-0.05, 0) is 32.6 Å². The molecule has 0 radical (unpaired) electrons. The largest absolute Gasteiger partial charge is 0.390 e. The number of anilines is 2. The lowest BCUT2D eigenvalue weighted by atomic mass is 9.93. The number of nitrogens with one attached hydrogen (secondary N) is 4. The second kappa shape index (κ2) is 10.9. The number of nitrogens with zero attached hydrogens (tertiary/aromatic N) is 4. The van der Waals surface area contributed by atoms with Crippen molar-refractivity contribution in [2.45, 2.75) is 70.6 Å². The first kappa shape index (κ1) is 23.3. The Hall–Kier alpha value is -2.82. The third-order valence-electron chi connectivity index (χ3n) is 6.18. The quantitative estimate of drug-likeness (QED) is 0.313. The van der Waals surface area contributed by atoms with Gasteiger partial charge in [-0.1, -0.05) is 19.1 Å². The van der Waals surface area contributed by atoms with E-state index in [0.717, 1.165) is 41.4 Å². The molecule has 4 rings (SSSR count). The van der Waals surface area contributed by atoms with Gasteiger partial charge in [0.05, 0.1) is 24.2 Å². The van der Waals surface area contributed by atoms with Crippen LogP contribution in [0.25, 0.3) is 0 Å². The number of ether oxygens (including phenoxy) is 1. The summed E-state index contributed by atoms with van der Waals surface area (Å²) in [6.07, 6.45) is 10.5. The number of hydrogen-bond donors (Lipinski definition) is 5. The summed E-state index contributed by atoms with van der Waals surface area (Å²) in [7, 11) is 0. The van der Waals surface area contributed by atoms with Crippen LogP contribution in [-0.2, 0) is 4.74 Å². The van der Waals surface area contributed by atoms with Crippen LogP contribution >= 0.6 is 0 Å². The van der Waals surface area contributed by atoms with Crippen molar-refractivity contribution < 1.29 is 9.84 Å². The van der Waals surface area contributed by atoms with Crippen molar-refractivity contribution >= 4 is 24.2 Å². The van der Waals surface area contributed by atoms with E-state index in [-0.39, 0.29) is 24.4 Å². The van der Waals surface area contributed by atoms with Gasteiger partial charge in [-0.3, -0.25) is 15.3 Å². The van der Waals surface area contributed by atoms with Crippen LogP contribution in [0.2, 0.25) is 0 Å². The van der Waals surface area contributed by atoms with E-state index in [4.69, 9.17) is 4.74 Å². The summed E-state index contributed by atoms with van der Waals surface area (Å²) in [6, 6.07) is 0. The average Bonchev–Trinajstić information content (AvgIpc) is 3.17. The van der Waals surface area contributed by atoms with Crippen molar-refractivity contribution in [2.75, 3.05) is 23.7 Å². The van der Waals surface area contributed by atoms with E-state index in [2.05, 4.69) is 60.3 Å². The molecule has 178 valence electrons. The van der Waals surface area contributed by atoms with Crippen molar-refractivity contribution in [1.29, 1.82) is 0 Å². The molecule has 4 heterocycles. The molecule has 0 aliphatic carbocycles. The molecule has 2 bridgehead atoms. The fraction of sp³-hybridized carbons (Fsp3) is 0.565. The maximum atomic E-state index is 10.2. The summed E-state index contributed by atoms with van der Waals surface area (Å²) in [6.45, 7) is 7.37. The lowest BCUT2D eigenvalue weighted by Gasteiger charge is -2.21. The summed E-state index contributed by atoms with van der Waals surface area (Å²) in [4.78, 5) is 17.8. The smallest absolute Gasteiger partial charge is 0.146 e. The van der Waals surface area contributed by atoms with Gasteiger partial charge in [0.25, 0.3) is 0 Å². The zero-order chi connectivity index (χ0) is 23.2. The number of aromatic nitrogens is 2. The molecule has 5 atom stereocenters. The Morgan fingerprint density at radius 2 is 2.12 bits per heavy atom. The predicted molar refractivity (Wildman–Crippen MR) is 131 cm³/mol. The van der Waals surface area contributed by atoms with Crippen molar-refractivity contribution in [2.24, 2.45) is 9.98 Å². The molecular formula is C23H34N8O2. The molecular weight excluding hydrogens is 420 g/mol. The number of hydrogen-bond acceptors (Lipinski definition) is 10. The van der Waals surface area contributed by atoms with E-state index >= 15 is 0 Å². The fourth-order valence-electron chi connectivity index (χ4n) is 4.43. The van der Waals surface area contributed by atoms with E-state index in [9.17, 15) is 5.11 Å². The zero-order valence-electron chi connectivity index (χ0n) is 19.5. The Balaban J connectivity index is 1.34. The Bertz CT molecular complexity index is 944. The first-order valence-electron chi connectivity index (χ1n) is 11.6. The third kappa shape index (κ3) is 5.58. The van der Waals surface area contributed by atoms with Crippen LogP contribution in [0.5, 0.6) is 0 Å². The molecule has 0 spiro atoms. The molecule has 1 saturated heterocycles. The molecule has 33 heavy (non-hydrogen) atoms. The number of rotatable bonds is 7. The van der Waals surface area contributed by atoms with Gasteiger partial charge in [0, 0.05) is 37.0 Å². The standard InChI is InChI=1S/C23H34N8O2/c1-4-24-20-15(3)27-12-30-23(20)26-10-6-5-9-25-21-19-14(2)7-8-17-16(32)11-18(33-17)31-22(19)29-13-28-21/h4-6,12-14,16-18,23,26,32H,7-11H2,1-3H3,(H,27,30)(H2,25,28,29,31)/b6-5+,24-4?/t14?,16?,17-,18-,23?/m1/s1. The fourth-order valence-corrected chi connectivity index (χ4v) is 4.43. The molecule has 0 aromatic carbocycles. The number of allylic oxidation sites excluding steroid dienone is 1. The number of fused-ring (bicyclic) bond motifs is 3. The minimum Gasteiger partial charge on any atom is -0.390 e.